The number of nitrogens with zero attached hydrogens (tertiary/aromatic N) is 3. The number of carbonyl (C=O) groups excluding carboxylic acids is 2. The highest BCUT2D eigenvalue weighted by molar-refractivity contribution is 5.78. The molecule has 0 aromatic rings. The molecule has 8 nitrogen and oxygen atoms in total. The van der Waals surface area contributed by atoms with E-state index in [0.29, 0.717) is 37.9 Å². The van der Waals surface area contributed by atoms with Crippen LogP contribution in [0.5, 0.6) is 0 Å². The normalized spacial score (nSPS) is 31.6. The standard InChI is InChI=1S/C25H41N5O3/c1-4-25(8-12-30(33)22(31)14-24(2)6-10-28(3)11-7-24)13-21(25)16-27-23(32)29-17-19-5-9-26-15-20(19)18-29/h5,9,20-21,30H,4,6-8,10-18H2,1-3H3,(H,27,32). The summed E-state index contributed by atoms with van der Waals surface area (Å²) in [6, 6.07) is -0.000159. The molecule has 2 N–H and O–H groups in total. The van der Waals surface area contributed by atoms with Crippen LogP contribution < -0.4 is 10.4 Å². The predicted octanol–water partition coefficient (Wildman–Crippen LogP) is 1.48. The maximum absolute atomic E-state index is 12.7. The van der Waals surface area contributed by atoms with Crippen LogP contribution in [0.1, 0.15) is 52.4 Å². The number of quaternary nitrogens is 1. The molecule has 4 atom stereocenters. The first-order chi connectivity index (χ1) is 15.7. The van der Waals surface area contributed by atoms with Crippen molar-refractivity contribution in [1.29, 1.82) is 0 Å². The van der Waals surface area contributed by atoms with Crippen molar-refractivity contribution in [1.82, 2.24) is 15.1 Å². The van der Waals surface area contributed by atoms with Gasteiger partial charge in [-0.05, 0) is 74.2 Å². The number of allylic oxidation sites excluding steroid dienone is 1. The summed E-state index contributed by atoms with van der Waals surface area (Å²) in [4.78, 5) is 33.8. The molecule has 0 bridgehead atoms. The average molecular weight is 460 g/mol. The van der Waals surface area contributed by atoms with Crippen molar-refractivity contribution in [3.8, 4) is 0 Å². The molecule has 1 aliphatic carbocycles. The molecular formula is C25H41N5O3. The third kappa shape index (κ3) is 5.66. The summed E-state index contributed by atoms with van der Waals surface area (Å²) in [5.41, 5.74) is 1.35. The lowest BCUT2D eigenvalue weighted by molar-refractivity contribution is -0.767. The lowest BCUT2D eigenvalue weighted by atomic mass is 9.77. The van der Waals surface area contributed by atoms with Gasteiger partial charge in [-0.25, -0.2) is 9.59 Å². The van der Waals surface area contributed by atoms with Crippen LogP contribution in [0.2, 0.25) is 0 Å². The SMILES string of the molecule is CCC1(CC[NH+]([O-])C(=O)CC2(C)CCN(C)CC2)CC1CNC(=O)N1CC2=CC=NCC2C1. The highest BCUT2D eigenvalue weighted by Crippen LogP contribution is 2.57. The number of carbonyl (C=O) groups is 2. The Bertz CT molecular complexity index is 804. The van der Waals surface area contributed by atoms with Gasteiger partial charge in [0.05, 0.1) is 13.0 Å². The largest absolute Gasteiger partial charge is 0.627 e. The van der Waals surface area contributed by atoms with Gasteiger partial charge in [-0.15, -0.1) is 0 Å². The van der Waals surface area contributed by atoms with Gasteiger partial charge in [0.2, 0.25) is 0 Å². The molecule has 0 radical (unpaired) electrons. The van der Waals surface area contributed by atoms with E-state index in [1.165, 1.54) is 5.57 Å². The van der Waals surface area contributed by atoms with Crippen LogP contribution in [0.15, 0.2) is 16.6 Å². The van der Waals surface area contributed by atoms with E-state index < -0.39 is 0 Å². The van der Waals surface area contributed by atoms with Gasteiger partial charge in [-0.3, -0.25) is 4.99 Å². The van der Waals surface area contributed by atoms with Crippen molar-refractivity contribution >= 4 is 18.2 Å². The van der Waals surface area contributed by atoms with E-state index >= 15 is 0 Å². The first-order valence-electron chi connectivity index (χ1n) is 12.7. The first-order valence-corrected chi connectivity index (χ1v) is 12.7. The molecule has 4 unspecified atom stereocenters. The quantitative estimate of drug-likeness (QED) is 0.538. The van der Waals surface area contributed by atoms with E-state index in [1.807, 2.05) is 17.2 Å². The van der Waals surface area contributed by atoms with Crippen molar-refractivity contribution < 1.29 is 14.7 Å². The Morgan fingerprint density at radius 3 is 2.79 bits per heavy atom. The number of hydroxylamine groups is 2. The number of likely N-dealkylation sites (tertiary alicyclic amines) is 2. The minimum atomic E-state index is -0.201. The van der Waals surface area contributed by atoms with Crippen molar-refractivity contribution in [3.05, 3.63) is 16.9 Å². The van der Waals surface area contributed by atoms with Gasteiger partial charge in [-0.1, -0.05) is 13.8 Å². The number of rotatable bonds is 8. The minimum Gasteiger partial charge on any atom is -0.627 e. The zero-order valence-electron chi connectivity index (χ0n) is 20.6. The summed E-state index contributed by atoms with van der Waals surface area (Å²) in [6.07, 6.45) is 8.98. The van der Waals surface area contributed by atoms with Gasteiger partial charge in [0.15, 0.2) is 0 Å². The Hall–Kier alpha value is -1.77. The molecule has 3 amide bonds. The van der Waals surface area contributed by atoms with Gasteiger partial charge in [0.1, 0.15) is 0 Å². The molecular weight excluding hydrogens is 418 g/mol. The molecule has 0 aromatic heterocycles. The molecule has 8 heteroatoms. The second-order valence-corrected chi connectivity index (χ2v) is 11.3. The van der Waals surface area contributed by atoms with E-state index in [-0.39, 0.29) is 27.8 Å². The molecule has 2 saturated heterocycles. The Morgan fingerprint density at radius 2 is 2.09 bits per heavy atom. The van der Waals surface area contributed by atoms with E-state index in [0.717, 1.165) is 58.3 Å². The lowest BCUT2D eigenvalue weighted by Crippen LogP contribution is -3.10. The molecule has 1 saturated carbocycles. The Labute approximate surface area is 198 Å². The van der Waals surface area contributed by atoms with Gasteiger partial charge >= 0.3 is 11.9 Å². The average Bonchev–Trinajstić information content (AvgIpc) is 3.33. The van der Waals surface area contributed by atoms with E-state index in [9.17, 15) is 14.8 Å². The number of piperidine rings is 1. The summed E-state index contributed by atoms with van der Waals surface area (Å²) in [5, 5.41) is 15.6. The fourth-order valence-corrected chi connectivity index (χ4v) is 5.93. The molecule has 3 heterocycles. The number of amides is 3. The molecule has 0 spiro atoms. The minimum absolute atomic E-state index is 0.000159. The number of hydrogen-bond acceptors (Lipinski definition) is 5. The molecule has 0 aromatic carbocycles. The van der Waals surface area contributed by atoms with Crippen LogP contribution in [-0.4, -0.2) is 80.8 Å². The number of nitrogens with one attached hydrogen (secondary N) is 2. The number of aliphatic imine (C=N–C) groups is 1. The summed E-state index contributed by atoms with van der Waals surface area (Å²) < 4.78 is 0. The third-order valence-corrected chi connectivity index (χ3v) is 8.85. The zero-order chi connectivity index (χ0) is 23.6. The van der Waals surface area contributed by atoms with Crippen molar-refractivity contribution in [2.75, 3.05) is 52.9 Å². The molecule has 184 valence electrons. The lowest BCUT2D eigenvalue weighted by Gasteiger charge is -2.38. The molecule has 4 aliphatic rings. The van der Waals surface area contributed by atoms with Gasteiger partial charge < -0.3 is 25.4 Å². The third-order valence-electron chi connectivity index (χ3n) is 8.85. The first kappa shape index (κ1) is 24.4. The highest BCUT2D eigenvalue weighted by Gasteiger charge is 2.52. The second-order valence-electron chi connectivity index (χ2n) is 11.3. The van der Waals surface area contributed by atoms with Crippen LogP contribution in [0.3, 0.4) is 0 Å². The van der Waals surface area contributed by atoms with Crippen LogP contribution in [-0.2, 0) is 4.79 Å². The van der Waals surface area contributed by atoms with Gasteiger partial charge in [-0.2, -0.15) is 0 Å². The Balaban J connectivity index is 1.18. The second kappa shape index (κ2) is 9.84. The fourth-order valence-electron chi connectivity index (χ4n) is 5.93. The van der Waals surface area contributed by atoms with Crippen LogP contribution in [0.25, 0.3) is 0 Å². The number of hydrogen-bond donors (Lipinski definition) is 2. The Morgan fingerprint density at radius 1 is 1.33 bits per heavy atom. The maximum Gasteiger partial charge on any atom is 0.317 e. The fraction of sp³-hybridized carbons (Fsp3) is 0.800. The topological polar surface area (TPSA) is 92.5 Å². The van der Waals surface area contributed by atoms with Crippen molar-refractivity contribution in [2.45, 2.75) is 52.4 Å². The zero-order valence-corrected chi connectivity index (χ0v) is 20.6. The monoisotopic (exact) mass is 459 g/mol. The van der Waals surface area contributed by atoms with E-state index in [1.54, 1.807) is 0 Å². The van der Waals surface area contributed by atoms with Crippen LogP contribution in [0, 0.1) is 27.9 Å². The number of dihydropyridines is 1. The summed E-state index contributed by atoms with van der Waals surface area (Å²) in [6.45, 7) is 9.50. The maximum atomic E-state index is 12.7. The summed E-state index contributed by atoms with van der Waals surface area (Å²) in [5.74, 6) is 0.581. The summed E-state index contributed by atoms with van der Waals surface area (Å²) in [7, 11) is 2.11. The number of fused-ring (bicyclic) bond motifs is 1. The summed E-state index contributed by atoms with van der Waals surface area (Å²) >= 11 is 0. The van der Waals surface area contributed by atoms with E-state index in [2.05, 4.69) is 36.1 Å². The Kier molecular flexibility index (Phi) is 7.26. The van der Waals surface area contributed by atoms with Crippen LogP contribution in [0.4, 0.5) is 4.79 Å². The predicted molar refractivity (Wildman–Crippen MR) is 129 cm³/mol. The van der Waals surface area contributed by atoms with Crippen molar-refractivity contribution in [2.24, 2.45) is 27.7 Å². The highest BCUT2D eigenvalue weighted by atomic mass is 16.5. The van der Waals surface area contributed by atoms with E-state index in [4.69, 9.17) is 0 Å². The molecule has 3 aliphatic heterocycles. The van der Waals surface area contributed by atoms with Crippen LogP contribution >= 0.6 is 0 Å². The molecule has 4 rings (SSSR count). The molecule has 3 fully saturated rings. The van der Waals surface area contributed by atoms with Gasteiger partial charge in [0, 0.05) is 44.7 Å². The number of urea groups is 1. The van der Waals surface area contributed by atoms with Crippen molar-refractivity contribution in [3.63, 3.8) is 0 Å². The van der Waals surface area contributed by atoms with Gasteiger partial charge in [0.25, 0.3) is 0 Å². The molecule has 33 heavy (non-hydrogen) atoms. The smallest absolute Gasteiger partial charge is 0.317 e.